The van der Waals surface area contributed by atoms with Crippen LogP contribution in [0.1, 0.15) is 29.0 Å². The maximum Gasteiger partial charge on any atom is 0.269 e. The third-order valence-corrected chi connectivity index (χ3v) is 4.93. The lowest BCUT2D eigenvalue weighted by molar-refractivity contribution is -0.133. The Kier molecular flexibility index (Phi) is 6.39. The van der Waals surface area contributed by atoms with E-state index in [0.717, 1.165) is 6.07 Å². The molecule has 2 aromatic heterocycles. The molecule has 1 aliphatic rings. The molecule has 154 valence electrons. The summed E-state index contributed by atoms with van der Waals surface area (Å²) < 4.78 is 27.0. The van der Waals surface area contributed by atoms with Crippen molar-refractivity contribution in [2.75, 3.05) is 26.8 Å². The number of halogens is 3. The van der Waals surface area contributed by atoms with Gasteiger partial charge in [-0.05, 0) is 23.8 Å². The lowest BCUT2D eigenvalue weighted by atomic mass is 9.99. The summed E-state index contributed by atoms with van der Waals surface area (Å²) in [7, 11) is 1.42. The van der Waals surface area contributed by atoms with Crippen molar-refractivity contribution in [1.29, 1.82) is 0 Å². The fourth-order valence-corrected chi connectivity index (χ4v) is 3.53. The smallest absolute Gasteiger partial charge is 0.269 e. The van der Waals surface area contributed by atoms with Gasteiger partial charge in [-0.2, -0.15) is 4.39 Å². The number of nitrogens with zero attached hydrogens (tertiary/aromatic N) is 3. The Balaban J connectivity index is 2.02. The number of carbonyl (C=O) groups is 2. The standard InChI is InChI=1S/C19H20ClF2N5O2/c1-10(28)27-9-13(7-21)24-8-16(27)12-4-14(25-17(20)5-12)11-3-15(19(29)23-2)26-18(22)6-11/h3-6,13,16,24H,7-9H2,1-2H3,(H,23,29)/t13-,16-/m1/s1. The zero-order valence-corrected chi connectivity index (χ0v) is 16.6. The van der Waals surface area contributed by atoms with Crippen LogP contribution in [0.5, 0.6) is 0 Å². The van der Waals surface area contributed by atoms with Crippen LogP contribution in [-0.2, 0) is 4.79 Å². The van der Waals surface area contributed by atoms with Crippen LogP contribution in [0.2, 0.25) is 5.15 Å². The lowest BCUT2D eigenvalue weighted by Crippen LogP contribution is -2.54. The van der Waals surface area contributed by atoms with Gasteiger partial charge in [-0.3, -0.25) is 9.59 Å². The maximum atomic E-state index is 14.0. The summed E-state index contributed by atoms with van der Waals surface area (Å²) in [5.74, 6) is -1.56. The molecule has 0 radical (unpaired) electrons. The average Bonchev–Trinajstić information content (AvgIpc) is 2.71. The zero-order valence-electron chi connectivity index (χ0n) is 15.9. The molecule has 0 aliphatic carbocycles. The maximum absolute atomic E-state index is 14.0. The Morgan fingerprint density at radius 2 is 2.07 bits per heavy atom. The van der Waals surface area contributed by atoms with E-state index in [2.05, 4.69) is 20.6 Å². The van der Waals surface area contributed by atoms with Crippen LogP contribution in [0.15, 0.2) is 24.3 Å². The van der Waals surface area contributed by atoms with E-state index in [1.54, 1.807) is 17.0 Å². The summed E-state index contributed by atoms with van der Waals surface area (Å²) >= 11 is 6.19. The molecule has 0 unspecified atom stereocenters. The number of pyridine rings is 2. The molecule has 0 spiro atoms. The molecular weight excluding hydrogens is 404 g/mol. The molecule has 2 aromatic rings. The van der Waals surface area contributed by atoms with Gasteiger partial charge in [0.05, 0.1) is 17.8 Å². The highest BCUT2D eigenvalue weighted by Gasteiger charge is 2.31. The molecule has 0 aromatic carbocycles. The van der Waals surface area contributed by atoms with Crippen LogP contribution < -0.4 is 10.6 Å². The van der Waals surface area contributed by atoms with Gasteiger partial charge in [-0.1, -0.05) is 11.6 Å². The highest BCUT2D eigenvalue weighted by atomic mass is 35.5. The molecule has 2 amide bonds. The Labute approximate surface area is 171 Å². The van der Waals surface area contributed by atoms with Crippen molar-refractivity contribution in [2.24, 2.45) is 0 Å². The first kappa shape index (κ1) is 21.1. The normalized spacial score (nSPS) is 19.1. The van der Waals surface area contributed by atoms with Crippen molar-refractivity contribution in [3.8, 4) is 11.3 Å². The van der Waals surface area contributed by atoms with E-state index in [-0.39, 0.29) is 29.3 Å². The molecule has 3 heterocycles. The second-order valence-electron chi connectivity index (χ2n) is 6.70. The number of piperazine rings is 1. The van der Waals surface area contributed by atoms with Gasteiger partial charge in [-0.25, -0.2) is 14.4 Å². The van der Waals surface area contributed by atoms with Crippen LogP contribution in [0.4, 0.5) is 8.78 Å². The van der Waals surface area contributed by atoms with Gasteiger partial charge < -0.3 is 15.5 Å². The van der Waals surface area contributed by atoms with Crippen LogP contribution in [0.3, 0.4) is 0 Å². The average molecular weight is 424 g/mol. The summed E-state index contributed by atoms with van der Waals surface area (Å²) in [5, 5.41) is 5.60. The monoisotopic (exact) mass is 423 g/mol. The Morgan fingerprint density at radius 3 is 2.72 bits per heavy atom. The molecular formula is C19H20ClF2N5O2. The highest BCUT2D eigenvalue weighted by Crippen LogP contribution is 2.30. The molecule has 2 atom stereocenters. The highest BCUT2D eigenvalue weighted by molar-refractivity contribution is 6.29. The van der Waals surface area contributed by atoms with Crippen molar-refractivity contribution in [3.63, 3.8) is 0 Å². The SMILES string of the molecule is CNC(=O)c1cc(-c2cc([C@H]3CN[C@H](CF)CN3C(C)=O)cc(Cl)n2)cc(F)n1. The van der Waals surface area contributed by atoms with Crippen LogP contribution in [0, 0.1) is 5.95 Å². The molecule has 3 rings (SSSR count). The van der Waals surface area contributed by atoms with Crippen molar-refractivity contribution < 1.29 is 18.4 Å². The topological polar surface area (TPSA) is 87.2 Å². The summed E-state index contributed by atoms with van der Waals surface area (Å²) in [4.78, 5) is 33.3. The minimum Gasteiger partial charge on any atom is -0.354 e. The van der Waals surface area contributed by atoms with Crippen molar-refractivity contribution in [3.05, 3.63) is 46.6 Å². The number of amides is 2. The number of hydrogen-bond acceptors (Lipinski definition) is 5. The quantitative estimate of drug-likeness (QED) is 0.736. The van der Waals surface area contributed by atoms with Gasteiger partial charge in [0.15, 0.2) is 0 Å². The molecule has 0 saturated carbocycles. The van der Waals surface area contributed by atoms with Gasteiger partial charge in [0.2, 0.25) is 11.9 Å². The first-order chi connectivity index (χ1) is 13.8. The van der Waals surface area contributed by atoms with Gasteiger partial charge >= 0.3 is 0 Å². The number of alkyl halides is 1. The van der Waals surface area contributed by atoms with Crippen LogP contribution in [0.25, 0.3) is 11.3 Å². The van der Waals surface area contributed by atoms with Gasteiger partial charge in [0.1, 0.15) is 17.5 Å². The molecule has 1 aliphatic heterocycles. The zero-order chi connectivity index (χ0) is 21.1. The van der Waals surface area contributed by atoms with E-state index in [1.807, 2.05) is 0 Å². The first-order valence-electron chi connectivity index (χ1n) is 8.96. The molecule has 29 heavy (non-hydrogen) atoms. The number of carbonyl (C=O) groups excluding carboxylic acids is 2. The molecule has 0 bridgehead atoms. The van der Waals surface area contributed by atoms with Gasteiger partial charge in [0, 0.05) is 38.7 Å². The number of rotatable bonds is 4. The molecule has 2 N–H and O–H groups in total. The minimum atomic E-state index is -0.833. The van der Waals surface area contributed by atoms with E-state index >= 15 is 0 Å². The third kappa shape index (κ3) is 4.68. The second kappa shape index (κ2) is 8.79. The Hall–Kier alpha value is -2.65. The summed E-state index contributed by atoms with van der Waals surface area (Å²) in [6.07, 6.45) is 0. The minimum absolute atomic E-state index is 0.0960. The molecule has 1 saturated heterocycles. The predicted molar refractivity (Wildman–Crippen MR) is 104 cm³/mol. The predicted octanol–water partition coefficient (Wildman–Crippen LogP) is 2.13. The number of nitrogens with one attached hydrogen (secondary N) is 2. The van der Waals surface area contributed by atoms with Crippen LogP contribution >= 0.6 is 11.6 Å². The van der Waals surface area contributed by atoms with Crippen molar-refractivity contribution >= 4 is 23.4 Å². The fraction of sp³-hybridized carbons (Fsp3) is 0.368. The van der Waals surface area contributed by atoms with E-state index < -0.39 is 24.6 Å². The Bertz CT molecular complexity index is 943. The Morgan fingerprint density at radius 1 is 1.31 bits per heavy atom. The third-order valence-electron chi connectivity index (χ3n) is 4.73. The largest absolute Gasteiger partial charge is 0.354 e. The first-order valence-corrected chi connectivity index (χ1v) is 9.34. The summed E-state index contributed by atoms with van der Waals surface area (Å²) in [5.41, 5.74) is 1.22. The summed E-state index contributed by atoms with van der Waals surface area (Å²) in [6.45, 7) is 1.39. The second-order valence-corrected chi connectivity index (χ2v) is 7.09. The number of aromatic nitrogens is 2. The molecule has 10 heteroatoms. The molecule has 7 nitrogen and oxygen atoms in total. The van der Waals surface area contributed by atoms with E-state index in [1.165, 1.54) is 20.0 Å². The van der Waals surface area contributed by atoms with Crippen LogP contribution in [-0.4, -0.2) is 59.5 Å². The lowest BCUT2D eigenvalue weighted by Gasteiger charge is -2.39. The van der Waals surface area contributed by atoms with E-state index in [9.17, 15) is 18.4 Å². The van der Waals surface area contributed by atoms with E-state index in [4.69, 9.17) is 11.6 Å². The van der Waals surface area contributed by atoms with Crippen molar-refractivity contribution in [2.45, 2.75) is 19.0 Å². The van der Waals surface area contributed by atoms with Gasteiger partial charge in [0.25, 0.3) is 5.91 Å². The fourth-order valence-electron chi connectivity index (χ4n) is 3.31. The number of hydrogen-bond donors (Lipinski definition) is 2. The summed E-state index contributed by atoms with van der Waals surface area (Å²) in [6, 6.07) is 5.02. The van der Waals surface area contributed by atoms with Crippen molar-refractivity contribution in [1.82, 2.24) is 25.5 Å². The van der Waals surface area contributed by atoms with E-state index in [0.29, 0.717) is 23.4 Å². The molecule has 1 fully saturated rings. The van der Waals surface area contributed by atoms with Gasteiger partial charge in [-0.15, -0.1) is 0 Å².